The zero-order valence-electron chi connectivity index (χ0n) is 13.1. The third kappa shape index (κ3) is 4.28. The molecule has 1 fully saturated rings. The number of ether oxygens (including phenoxy) is 1. The van der Waals surface area contributed by atoms with Crippen molar-refractivity contribution in [1.82, 2.24) is 0 Å². The lowest BCUT2D eigenvalue weighted by molar-refractivity contribution is -0.928. The number of hydrogen-bond donors (Lipinski definition) is 2. The molecule has 1 amide bonds. The number of morpholine rings is 1. The Morgan fingerprint density at radius 3 is 2.57 bits per heavy atom. The molecule has 0 bridgehead atoms. The Morgan fingerprint density at radius 1 is 1.38 bits per heavy atom. The van der Waals surface area contributed by atoms with E-state index >= 15 is 0 Å². The monoisotopic (exact) mass is 355 g/mol. The molecule has 0 saturated carbocycles. The summed E-state index contributed by atoms with van der Waals surface area (Å²) in [5.41, 5.74) is 1.99. The molecular weight excluding hydrogens is 332 g/mol. The molecule has 0 aliphatic carbocycles. The molecule has 0 aromatic heterocycles. The third-order valence-corrected chi connectivity index (χ3v) is 4.61. The Kier molecular flexibility index (Phi) is 5.41. The van der Waals surface area contributed by atoms with Crippen LogP contribution in [0.4, 0.5) is 5.69 Å². The molecule has 21 heavy (non-hydrogen) atoms. The maximum absolute atomic E-state index is 12.5. The van der Waals surface area contributed by atoms with E-state index in [1.807, 2.05) is 32.0 Å². The minimum absolute atomic E-state index is 0.0517. The summed E-state index contributed by atoms with van der Waals surface area (Å²) in [6.07, 6.45) is 0.398. The van der Waals surface area contributed by atoms with Gasteiger partial charge in [-0.3, -0.25) is 4.79 Å². The zero-order valence-corrected chi connectivity index (χ0v) is 14.7. The van der Waals surface area contributed by atoms with E-state index in [2.05, 4.69) is 35.1 Å². The largest absolute Gasteiger partial charge is 0.364 e. The van der Waals surface area contributed by atoms with Crippen LogP contribution in [-0.4, -0.2) is 37.2 Å². The van der Waals surface area contributed by atoms with Gasteiger partial charge in [-0.2, -0.15) is 0 Å². The molecule has 116 valence electrons. The van der Waals surface area contributed by atoms with Crippen LogP contribution in [-0.2, 0) is 9.53 Å². The summed E-state index contributed by atoms with van der Waals surface area (Å²) >= 11 is 3.50. The molecule has 2 rings (SSSR count). The number of nitrogens with one attached hydrogen (secondary N) is 2. The number of carbonyl (C=O) groups excluding carboxylic acids is 1. The second-order valence-corrected chi connectivity index (χ2v) is 6.87. The van der Waals surface area contributed by atoms with Gasteiger partial charge in [0.1, 0.15) is 25.3 Å². The molecule has 0 radical (unpaired) electrons. The van der Waals surface area contributed by atoms with Gasteiger partial charge in [0, 0.05) is 4.47 Å². The highest BCUT2D eigenvalue weighted by Crippen LogP contribution is 2.23. The molecule has 0 spiro atoms. The van der Waals surface area contributed by atoms with Crippen molar-refractivity contribution in [2.45, 2.75) is 45.9 Å². The van der Waals surface area contributed by atoms with Gasteiger partial charge in [-0.25, -0.2) is 0 Å². The number of carbonyl (C=O) groups is 1. The highest BCUT2D eigenvalue weighted by molar-refractivity contribution is 9.10. The van der Waals surface area contributed by atoms with E-state index in [1.165, 1.54) is 4.90 Å². The molecule has 1 aliphatic rings. The fourth-order valence-electron chi connectivity index (χ4n) is 2.82. The van der Waals surface area contributed by atoms with Gasteiger partial charge >= 0.3 is 0 Å². The van der Waals surface area contributed by atoms with Crippen molar-refractivity contribution in [3.63, 3.8) is 0 Å². The van der Waals surface area contributed by atoms with Crippen molar-refractivity contribution in [2.75, 3.05) is 18.4 Å². The van der Waals surface area contributed by atoms with E-state index in [9.17, 15) is 4.79 Å². The number of rotatable bonds is 3. The Labute approximate surface area is 135 Å². The van der Waals surface area contributed by atoms with Crippen molar-refractivity contribution in [2.24, 2.45) is 0 Å². The number of anilines is 1. The summed E-state index contributed by atoms with van der Waals surface area (Å²) in [7, 11) is 0. The second-order valence-electron chi connectivity index (χ2n) is 6.02. The number of aryl methyl sites for hydroxylation is 1. The van der Waals surface area contributed by atoms with Crippen molar-refractivity contribution in [3.8, 4) is 0 Å². The van der Waals surface area contributed by atoms with Gasteiger partial charge in [-0.15, -0.1) is 0 Å². The average Bonchev–Trinajstić information content (AvgIpc) is 2.40. The number of quaternary nitrogens is 1. The molecule has 4 nitrogen and oxygen atoms in total. The van der Waals surface area contributed by atoms with E-state index in [0.717, 1.165) is 28.8 Å². The highest BCUT2D eigenvalue weighted by atomic mass is 79.9. The molecule has 1 aromatic rings. The van der Waals surface area contributed by atoms with Crippen LogP contribution in [0.15, 0.2) is 22.7 Å². The fraction of sp³-hybridized carbons (Fsp3) is 0.562. The minimum Gasteiger partial charge on any atom is -0.364 e. The van der Waals surface area contributed by atoms with Crippen LogP contribution in [0.1, 0.15) is 26.3 Å². The smallest absolute Gasteiger partial charge is 0.282 e. The summed E-state index contributed by atoms with van der Waals surface area (Å²) in [6.45, 7) is 9.88. The van der Waals surface area contributed by atoms with Gasteiger partial charge < -0.3 is 15.0 Å². The van der Waals surface area contributed by atoms with Crippen LogP contribution in [0.2, 0.25) is 0 Å². The maximum atomic E-state index is 12.5. The van der Waals surface area contributed by atoms with Gasteiger partial charge in [0.15, 0.2) is 6.04 Å². The zero-order chi connectivity index (χ0) is 15.6. The topological polar surface area (TPSA) is 42.8 Å². The maximum Gasteiger partial charge on any atom is 0.282 e. The van der Waals surface area contributed by atoms with Crippen LogP contribution in [0.25, 0.3) is 0 Å². The Balaban J connectivity index is 2.02. The van der Waals surface area contributed by atoms with Gasteiger partial charge in [-0.05, 0) is 61.3 Å². The van der Waals surface area contributed by atoms with Crippen LogP contribution in [0.3, 0.4) is 0 Å². The van der Waals surface area contributed by atoms with Crippen LogP contribution in [0, 0.1) is 6.92 Å². The normalized spacial score (nSPS) is 27.2. The highest BCUT2D eigenvalue weighted by Gasteiger charge is 2.33. The van der Waals surface area contributed by atoms with Gasteiger partial charge in [-0.1, -0.05) is 6.07 Å². The van der Waals surface area contributed by atoms with Gasteiger partial charge in [0.05, 0.1) is 5.69 Å². The van der Waals surface area contributed by atoms with Crippen LogP contribution in [0.5, 0.6) is 0 Å². The summed E-state index contributed by atoms with van der Waals surface area (Å²) in [4.78, 5) is 13.7. The minimum atomic E-state index is -0.0907. The summed E-state index contributed by atoms with van der Waals surface area (Å²) in [5.74, 6) is 0.0517. The van der Waals surface area contributed by atoms with Crippen molar-refractivity contribution >= 4 is 27.5 Å². The summed E-state index contributed by atoms with van der Waals surface area (Å²) < 4.78 is 6.66. The summed E-state index contributed by atoms with van der Waals surface area (Å²) in [6, 6.07) is 5.85. The van der Waals surface area contributed by atoms with Gasteiger partial charge in [0.25, 0.3) is 5.91 Å². The predicted octanol–water partition coefficient (Wildman–Crippen LogP) is 1.78. The first-order valence-corrected chi connectivity index (χ1v) is 8.23. The Hall–Kier alpha value is -0.910. The molecule has 3 atom stereocenters. The summed E-state index contributed by atoms with van der Waals surface area (Å²) in [5, 5.41) is 3.02. The number of amides is 1. The SMILES string of the molecule is Cc1ccc(NC(=O)[C@H](C)[NH+]2C[C@@H](C)O[C@H](C)C2)c(Br)c1. The molecule has 1 aliphatic heterocycles. The van der Waals surface area contributed by atoms with Gasteiger partial charge in [0.2, 0.25) is 0 Å². The third-order valence-electron chi connectivity index (χ3n) is 3.95. The fourth-order valence-corrected chi connectivity index (χ4v) is 3.41. The quantitative estimate of drug-likeness (QED) is 0.867. The average molecular weight is 356 g/mol. The first kappa shape index (κ1) is 16.5. The second kappa shape index (κ2) is 6.90. The molecule has 0 unspecified atom stereocenters. The number of hydrogen-bond acceptors (Lipinski definition) is 2. The Bertz CT molecular complexity index is 511. The van der Waals surface area contributed by atoms with E-state index in [0.29, 0.717) is 0 Å². The van der Waals surface area contributed by atoms with E-state index in [-0.39, 0.29) is 24.2 Å². The predicted molar refractivity (Wildman–Crippen MR) is 87.7 cm³/mol. The van der Waals surface area contributed by atoms with Crippen LogP contribution < -0.4 is 10.2 Å². The lowest BCUT2D eigenvalue weighted by Gasteiger charge is -2.35. The molecular formula is C16H24BrN2O2+. The van der Waals surface area contributed by atoms with Crippen molar-refractivity contribution in [3.05, 3.63) is 28.2 Å². The lowest BCUT2D eigenvalue weighted by atomic mass is 10.1. The van der Waals surface area contributed by atoms with E-state index < -0.39 is 0 Å². The number of halogens is 1. The molecule has 1 heterocycles. The van der Waals surface area contributed by atoms with E-state index in [1.54, 1.807) is 0 Å². The number of benzene rings is 1. The first-order chi connectivity index (χ1) is 9.86. The first-order valence-electron chi connectivity index (χ1n) is 7.44. The van der Waals surface area contributed by atoms with Crippen molar-refractivity contribution in [1.29, 1.82) is 0 Å². The molecule has 1 saturated heterocycles. The Morgan fingerprint density at radius 2 is 2.00 bits per heavy atom. The van der Waals surface area contributed by atoms with Crippen LogP contribution >= 0.6 is 15.9 Å². The van der Waals surface area contributed by atoms with Crippen molar-refractivity contribution < 1.29 is 14.4 Å². The van der Waals surface area contributed by atoms with E-state index in [4.69, 9.17) is 4.74 Å². The standard InChI is InChI=1S/C16H23BrN2O2/c1-10-5-6-15(14(17)7-10)18-16(20)13(4)19-8-11(2)21-12(3)9-19/h5-7,11-13H,8-9H2,1-4H3,(H,18,20)/p+1/t11-,12-,13+/m1/s1. The molecule has 2 N–H and O–H groups in total. The molecule has 5 heteroatoms. The lowest BCUT2D eigenvalue weighted by Crippen LogP contribution is -3.19. The molecule has 1 aromatic carbocycles.